The van der Waals surface area contributed by atoms with Crippen molar-refractivity contribution in [1.29, 1.82) is 0 Å². The molecule has 0 aromatic carbocycles. The maximum absolute atomic E-state index is 11.7. The molecule has 0 unspecified atom stereocenters. The maximum atomic E-state index is 11.7. The second-order valence-corrected chi connectivity index (χ2v) is 3.64. The van der Waals surface area contributed by atoms with Crippen molar-refractivity contribution < 1.29 is 9.53 Å². The monoisotopic (exact) mass is 258 g/mol. The van der Waals surface area contributed by atoms with Crippen LogP contribution in [0.4, 0.5) is 5.82 Å². The van der Waals surface area contributed by atoms with Crippen LogP contribution in [0.25, 0.3) is 11.5 Å². The van der Waals surface area contributed by atoms with Crippen molar-refractivity contribution in [2.45, 2.75) is 6.92 Å². The predicted octanol–water partition coefficient (Wildman–Crippen LogP) is 1.76. The van der Waals surface area contributed by atoms with E-state index in [4.69, 9.17) is 4.74 Å². The number of esters is 1. The van der Waals surface area contributed by atoms with E-state index in [-0.39, 0.29) is 0 Å². The average molecular weight is 258 g/mol. The third-order valence-electron chi connectivity index (χ3n) is 2.41. The van der Waals surface area contributed by atoms with E-state index >= 15 is 0 Å². The highest BCUT2D eigenvalue weighted by molar-refractivity contribution is 5.94. The molecule has 6 heteroatoms. The zero-order valence-electron chi connectivity index (χ0n) is 10.8. The van der Waals surface area contributed by atoms with Gasteiger partial charge in [0.05, 0.1) is 6.61 Å². The fourth-order valence-corrected chi connectivity index (χ4v) is 1.55. The molecule has 2 aromatic heterocycles. The van der Waals surface area contributed by atoms with E-state index in [1.54, 1.807) is 26.2 Å². The summed E-state index contributed by atoms with van der Waals surface area (Å²) in [6, 6.07) is 5.47. The number of nitrogens with one attached hydrogen (secondary N) is 1. The molecule has 6 nitrogen and oxygen atoms in total. The summed E-state index contributed by atoms with van der Waals surface area (Å²) in [6.07, 6.45) is 3.11. The largest absolute Gasteiger partial charge is 0.462 e. The maximum Gasteiger partial charge on any atom is 0.343 e. The van der Waals surface area contributed by atoms with Crippen LogP contribution in [0.1, 0.15) is 17.3 Å². The first-order chi connectivity index (χ1) is 9.26. The van der Waals surface area contributed by atoms with E-state index in [0.717, 1.165) is 0 Å². The molecule has 0 aliphatic rings. The smallest absolute Gasteiger partial charge is 0.343 e. The Labute approximate surface area is 110 Å². The number of carbonyl (C=O) groups excluding carboxylic acids is 1. The van der Waals surface area contributed by atoms with Gasteiger partial charge in [-0.3, -0.25) is 4.98 Å². The minimum absolute atomic E-state index is 0.309. The van der Waals surface area contributed by atoms with Gasteiger partial charge in [0.1, 0.15) is 17.1 Å². The zero-order chi connectivity index (χ0) is 13.7. The van der Waals surface area contributed by atoms with Gasteiger partial charge in [0, 0.05) is 19.4 Å². The van der Waals surface area contributed by atoms with Crippen LogP contribution >= 0.6 is 0 Å². The molecule has 19 heavy (non-hydrogen) atoms. The fourth-order valence-electron chi connectivity index (χ4n) is 1.55. The number of pyridine rings is 1. The van der Waals surface area contributed by atoms with Gasteiger partial charge in [0.15, 0.2) is 5.82 Å². The van der Waals surface area contributed by atoms with Gasteiger partial charge in [-0.25, -0.2) is 14.8 Å². The van der Waals surface area contributed by atoms with Crippen molar-refractivity contribution >= 4 is 11.8 Å². The SMILES string of the molecule is CCOC(=O)c1cnc(-c2ccccn2)nc1NC. The standard InChI is InChI=1S/C13H14N4O2/c1-3-19-13(18)9-8-16-12(17-11(9)14-2)10-6-4-5-7-15-10/h4-8H,3H2,1-2H3,(H,14,16,17). The highest BCUT2D eigenvalue weighted by Gasteiger charge is 2.15. The van der Waals surface area contributed by atoms with Gasteiger partial charge in [-0.05, 0) is 19.1 Å². The Balaban J connectivity index is 2.39. The predicted molar refractivity (Wildman–Crippen MR) is 70.8 cm³/mol. The van der Waals surface area contributed by atoms with Gasteiger partial charge < -0.3 is 10.1 Å². The lowest BCUT2D eigenvalue weighted by Gasteiger charge is -2.08. The number of rotatable bonds is 4. The summed E-state index contributed by atoms with van der Waals surface area (Å²) in [6.45, 7) is 2.06. The van der Waals surface area contributed by atoms with Crippen molar-refractivity contribution in [3.05, 3.63) is 36.2 Å². The minimum Gasteiger partial charge on any atom is -0.462 e. The molecule has 2 aromatic rings. The van der Waals surface area contributed by atoms with Gasteiger partial charge >= 0.3 is 5.97 Å². The van der Waals surface area contributed by atoms with E-state index in [2.05, 4.69) is 20.3 Å². The lowest BCUT2D eigenvalue weighted by atomic mass is 10.3. The summed E-state index contributed by atoms with van der Waals surface area (Å²) in [4.78, 5) is 24.3. The molecule has 0 radical (unpaired) electrons. The van der Waals surface area contributed by atoms with Gasteiger partial charge in [0.2, 0.25) is 0 Å². The molecule has 0 saturated carbocycles. The van der Waals surface area contributed by atoms with Gasteiger partial charge in [-0.15, -0.1) is 0 Å². The van der Waals surface area contributed by atoms with E-state index in [9.17, 15) is 4.79 Å². The van der Waals surface area contributed by atoms with Gasteiger partial charge in [-0.2, -0.15) is 0 Å². The Morgan fingerprint density at radius 1 is 1.37 bits per heavy atom. The number of nitrogens with zero attached hydrogens (tertiary/aromatic N) is 3. The summed E-state index contributed by atoms with van der Waals surface area (Å²) in [5, 5.41) is 2.87. The number of ether oxygens (including phenoxy) is 1. The first kappa shape index (κ1) is 12.9. The molecule has 2 heterocycles. The van der Waals surface area contributed by atoms with Crippen LogP contribution in [0.5, 0.6) is 0 Å². The highest BCUT2D eigenvalue weighted by atomic mass is 16.5. The summed E-state index contributed by atoms with van der Waals surface area (Å²) in [7, 11) is 1.69. The Morgan fingerprint density at radius 2 is 2.21 bits per heavy atom. The molecule has 0 amide bonds. The average Bonchev–Trinajstić information content (AvgIpc) is 2.47. The first-order valence-corrected chi connectivity index (χ1v) is 5.89. The highest BCUT2D eigenvalue weighted by Crippen LogP contribution is 2.17. The molecule has 0 atom stereocenters. The second-order valence-electron chi connectivity index (χ2n) is 3.64. The minimum atomic E-state index is -0.445. The molecule has 1 N–H and O–H groups in total. The summed E-state index contributed by atoms with van der Waals surface area (Å²) in [5.41, 5.74) is 0.957. The molecular weight excluding hydrogens is 244 g/mol. The first-order valence-electron chi connectivity index (χ1n) is 5.89. The molecule has 0 bridgehead atoms. The van der Waals surface area contributed by atoms with E-state index in [1.807, 2.05) is 12.1 Å². The van der Waals surface area contributed by atoms with Crippen LogP contribution in [0.15, 0.2) is 30.6 Å². The van der Waals surface area contributed by atoms with Crippen LogP contribution < -0.4 is 5.32 Å². The Morgan fingerprint density at radius 3 is 2.84 bits per heavy atom. The topological polar surface area (TPSA) is 77.0 Å². The summed E-state index contributed by atoms with van der Waals surface area (Å²) in [5.74, 6) is 0.437. The normalized spacial score (nSPS) is 10.0. The number of hydrogen-bond acceptors (Lipinski definition) is 6. The van der Waals surface area contributed by atoms with Crippen molar-refractivity contribution in [3.8, 4) is 11.5 Å². The van der Waals surface area contributed by atoms with E-state index in [0.29, 0.717) is 29.5 Å². The molecular formula is C13H14N4O2. The molecule has 0 spiro atoms. The molecule has 0 aliphatic heterocycles. The van der Waals surface area contributed by atoms with Crippen LogP contribution in [0.3, 0.4) is 0 Å². The van der Waals surface area contributed by atoms with Crippen LogP contribution in [0, 0.1) is 0 Å². The fraction of sp³-hybridized carbons (Fsp3) is 0.231. The Hall–Kier alpha value is -2.50. The zero-order valence-corrected chi connectivity index (χ0v) is 10.8. The van der Waals surface area contributed by atoms with Crippen LogP contribution in [0.2, 0.25) is 0 Å². The van der Waals surface area contributed by atoms with Gasteiger partial charge in [0.25, 0.3) is 0 Å². The lowest BCUT2D eigenvalue weighted by Crippen LogP contribution is -2.11. The molecule has 2 rings (SSSR count). The third-order valence-corrected chi connectivity index (χ3v) is 2.41. The van der Waals surface area contributed by atoms with Crippen molar-refractivity contribution in [2.24, 2.45) is 0 Å². The summed E-state index contributed by atoms with van der Waals surface area (Å²) >= 11 is 0. The van der Waals surface area contributed by atoms with Crippen LogP contribution in [-0.2, 0) is 4.74 Å². The summed E-state index contributed by atoms with van der Waals surface area (Å²) < 4.78 is 4.94. The number of carbonyl (C=O) groups is 1. The molecule has 0 fully saturated rings. The number of aromatic nitrogens is 3. The van der Waals surface area contributed by atoms with Gasteiger partial charge in [-0.1, -0.05) is 6.07 Å². The molecule has 0 aliphatic carbocycles. The van der Waals surface area contributed by atoms with Crippen molar-refractivity contribution in [1.82, 2.24) is 15.0 Å². The lowest BCUT2D eigenvalue weighted by molar-refractivity contribution is 0.0526. The van der Waals surface area contributed by atoms with Crippen LogP contribution in [-0.4, -0.2) is 34.6 Å². The molecule has 98 valence electrons. The van der Waals surface area contributed by atoms with E-state index in [1.165, 1.54) is 6.20 Å². The second kappa shape index (κ2) is 5.90. The van der Waals surface area contributed by atoms with Crippen molar-refractivity contribution in [2.75, 3.05) is 19.0 Å². The number of hydrogen-bond donors (Lipinski definition) is 1. The Bertz CT molecular complexity index is 572. The van der Waals surface area contributed by atoms with E-state index < -0.39 is 5.97 Å². The number of anilines is 1. The quantitative estimate of drug-likeness (QED) is 0.842. The van der Waals surface area contributed by atoms with Crippen molar-refractivity contribution in [3.63, 3.8) is 0 Å². The third kappa shape index (κ3) is 2.85. The molecule has 0 saturated heterocycles. The Kier molecular flexibility index (Phi) is 4.02.